The predicted octanol–water partition coefficient (Wildman–Crippen LogP) is 1.61. The van der Waals surface area contributed by atoms with Gasteiger partial charge in [-0.2, -0.15) is 0 Å². The highest BCUT2D eigenvalue weighted by Gasteiger charge is 2.20. The summed E-state index contributed by atoms with van der Waals surface area (Å²) in [5.74, 6) is -1.26. The fourth-order valence-electron chi connectivity index (χ4n) is 1.57. The fourth-order valence-corrected chi connectivity index (χ4v) is 2.77. The number of rotatable bonds is 8. The molecule has 0 bridgehead atoms. The molecule has 21 heavy (non-hydrogen) atoms. The van der Waals surface area contributed by atoms with Gasteiger partial charge in [0.05, 0.1) is 34.5 Å². The second-order valence-corrected chi connectivity index (χ2v) is 5.48. The third-order valence-corrected chi connectivity index (χ3v) is 3.93. The highest BCUT2D eigenvalue weighted by molar-refractivity contribution is 7.86. The summed E-state index contributed by atoms with van der Waals surface area (Å²) < 4.78 is 16.7. The van der Waals surface area contributed by atoms with E-state index in [0.29, 0.717) is 0 Å². The van der Waals surface area contributed by atoms with Gasteiger partial charge in [0.2, 0.25) is 0 Å². The lowest BCUT2D eigenvalue weighted by Crippen LogP contribution is -2.14. The summed E-state index contributed by atoms with van der Waals surface area (Å²) in [5, 5.41) is 10.8. The normalized spacial score (nSPS) is 11.7. The third kappa shape index (κ3) is 5.42. The second kappa shape index (κ2) is 8.25. The molecule has 7 nitrogen and oxygen atoms in total. The SMILES string of the molecule is CCOC(=O)CCC(=O)CS(=O)c1ccccc1[N+](=O)[O-]. The van der Waals surface area contributed by atoms with Crippen molar-refractivity contribution >= 4 is 28.2 Å². The van der Waals surface area contributed by atoms with Crippen molar-refractivity contribution < 1.29 is 23.5 Å². The summed E-state index contributed by atoms with van der Waals surface area (Å²) in [7, 11) is -1.81. The number of carbonyl (C=O) groups excluding carboxylic acids is 2. The molecule has 0 aromatic heterocycles. The minimum absolute atomic E-state index is 0.00647. The molecule has 0 aliphatic carbocycles. The molecule has 0 saturated heterocycles. The van der Waals surface area contributed by atoms with Gasteiger partial charge in [-0.25, -0.2) is 0 Å². The number of esters is 1. The molecule has 8 heteroatoms. The summed E-state index contributed by atoms with van der Waals surface area (Å²) >= 11 is 0. The number of hydrogen-bond donors (Lipinski definition) is 0. The van der Waals surface area contributed by atoms with Crippen LogP contribution in [0, 0.1) is 10.1 Å². The van der Waals surface area contributed by atoms with Crippen molar-refractivity contribution in [1.29, 1.82) is 0 Å². The average Bonchev–Trinajstić information content (AvgIpc) is 2.45. The molecule has 0 N–H and O–H groups in total. The Kier molecular flexibility index (Phi) is 6.67. The zero-order chi connectivity index (χ0) is 15.8. The Morgan fingerprint density at radius 1 is 1.29 bits per heavy atom. The Labute approximate surface area is 123 Å². The van der Waals surface area contributed by atoms with E-state index in [9.17, 15) is 23.9 Å². The van der Waals surface area contributed by atoms with Crippen molar-refractivity contribution in [2.24, 2.45) is 0 Å². The van der Waals surface area contributed by atoms with Gasteiger partial charge in [0.1, 0.15) is 10.7 Å². The minimum atomic E-state index is -1.81. The molecule has 0 fully saturated rings. The molecule has 1 atom stereocenters. The van der Waals surface area contributed by atoms with E-state index in [-0.39, 0.29) is 35.8 Å². The standard InChI is InChI=1S/C13H15NO6S/c1-2-20-13(16)8-7-10(15)9-21(19)12-6-4-3-5-11(12)14(17)18/h3-6H,2,7-9H2,1H3. The van der Waals surface area contributed by atoms with Gasteiger partial charge < -0.3 is 4.74 Å². The van der Waals surface area contributed by atoms with E-state index in [0.717, 1.165) is 0 Å². The number of carbonyl (C=O) groups is 2. The Hall–Kier alpha value is -2.09. The molecule has 0 spiro atoms. The molecular weight excluding hydrogens is 298 g/mol. The van der Waals surface area contributed by atoms with Crippen LogP contribution >= 0.6 is 0 Å². The van der Waals surface area contributed by atoms with Crippen LogP contribution in [0.25, 0.3) is 0 Å². The third-order valence-electron chi connectivity index (χ3n) is 2.51. The van der Waals surface area contributed by atoms with Crippen LogP contribution in [0.3, 0.4) is 0 Å². The van der Waals surface area contributed by atoms with Crippen LogP contribution in [0.1, 0.15) is 19.8 Å². The van der Waals surface area contributed by atoms with Gasteiger partial charge in [0.25, 0.3) is 5.69 Å². The highest BCUT2D eigenvalue weighted by Crippen LogP contribution is 2.21. The Bertz CT molecular complexity index is 572. The molecule has 1 unspecified atom stereocenters. The van der Waals surface area contributed by atoms with E-state index in [4.69, 9.17) is 0 Å². The fraction of sp³-hybridized carbons (Fsp3) is 0.385. The zero-order valence-electron chi connectivity index (χ0n) is 11.4. The summed E-state index contributed by atoms with van der Waals surface area (Å²) in [6.45, 7) is 1.89. The number of ether oxygens (including phenoxy) is 1. The second-order valence-electron chi connectivity index (χ2n) is 4.06. The monoisotopic (exact) mass is 313 g/mol. The first kappa shape index (κ1) is 17.0. The number of Topliss-reactive ketones (excluding diaryl/α,β-unsaturated/α-hetero) is 1. The van der Waals surface area contributed by atoms with Gasteiger partial charge >= 0.3 is 5.97 Å². The molecule has 0 radical (unpaired) electrons. The first-order valence-corrected chi connectivity index (χ1v) is 7.56. The molecule has 0 saturated carbocycles. The van der Waals surface area contributed by atoms with Crippen LogP contribution in [0.2, 0.25) is 0 Å². The van der Waals surface area contributed by atoms with Crippen molar-refractivity contribution in [3.8, 4) is 0 Å². The first-order valence-electron chi connectivity index (χ1n) is 6.24. The molecule has 0 heterocycles. The van der Waals surface area contributed by atoms with E-state index in [1.165, 1.54) is 24.3 Å². The Morgan fingerprint density at radius 2 is 1.95 bits per heavy atom. The number of hydrogen-bond acceptors (Lipinski definition) is 6. The molecule has 0 amide bonds. The van der Waals surface area contributed by atoms with Crippen LogP contribution in [-0.2, 0) is 25.1 Å². The van der Waals surface area contributed by atoms with Gasteiger partial charge in [-0.1, -0.05) is 12.1 Å². The molecule has 114 valence electrons. The summed E-state index contributed by atoms with van der Waals surface area (Å²) in [5.41, 5.74) is -0.283. The topological polar surface area (TPSA) is 104 Å². The van der Waals surface area contributed by atoms with E-state index in [2.05, 4.69) is 4.74 Å². The number of nitro groups is 1. The number of ketones is 1. The van der Waals surface area contributed by atoms with Crippen molar-refractivity contribution in [2.45, 2.75) is 24.7 Å². The first-order chi connectivity index (χ1) is 9.95. The van der Waals surface area contributed by atoms with Gasteiger partial charge in [-0.3, -0.25) is 23.9 Å². The molecule has 0 aliphatic heterocycles. The van der Waals surface area contributed by atoms with E-state index in [1.807, 2.05) is 0 Å². The predicted molar refractivity (Wildman–Crippen MR) is 75.2 cm³/mol. The van der Waals surface area contributed by atoms with Gasteiger partial charge in [0, 0.05) is 12.5 Å². The van der Waals surface area contributed by atoms with Crippen molar-refractivity contribution in [3.05, 3.63) is 34.4 Å². The molecule has 1 rings (SSSR count). The maximum absolute atomic E-state index is 12.0. The smallest absolute Gasteiger partial charge is 0.306 e. The van der Waals surface area contributed by atoms with Crippen LogP contribution in [0.5, 0.6) is 0 Å². The van der Waals surface area contributed by atoms with Crippen LogP contribution in [-0.4, -0.2) is 33.2 Å². The lowest BCUT2D eigenvalue weighted by Gasteiger charge is -2.03. The van der Waals surface area contributed by atoms with Crippen molar-refractivity contribution in [3.63, 3.8) is 0 Å². The summed E-state index contributed by atoms with van der Waals surface area (Å²) in [4.78, 5) is 32.9. The zero-order valence-corrected chi connectivity index (χ0v) is 12.3. The number of para-hydroxylation sites is 1. The quantitative estimate of drug-likeness (QED) is 0.410. The molecule has 0 aliphatic rings. The maximum atomic E-state index is 12.0. The van der Waals surface area contributed by atoms with Crippen molar-refractivity contribution in [1.82, 2.24) is 0 Å². The van der Waals surface area contributed by atoms with Crippen molar-refractivity contribution in [2.75, 3.05) is 12.4 Å². The highest BCUT2D eigenvalue weighted by atomic mass is 32.2. The lowest BCUT2D eigenvalue weighted by molar-refractivity contribution is -0.387. The van der Waals surface area contributed by atoms with E-state index in [1.54, 1.807) is 6.92 Å². The van der Waals surface area contributed by atoms with E-state index < -0.39 is 27.5 Å². The average molecular weight is 313 g/mol. The van der Waals surface area contributed by atoms with Gasteiger partial charge in [-0.05, 0) is 13.0 Å². The van der Waals surface area contributed by atoms with Crippen LogP contribution < -0.4 is 0 Å². The molecule has 1 aromatic carbocycles. The summed E-state index contributed by atoms with van der Waals surface area (Å²) in [6.07, 6.45) is -0.175. The minimum Gasteiger partial charge on any atom is -0.466 e. The van der Waals surface area contributed by atoms with Gasteiger partial charge in [-0.15, -0.1) is 0 Å². The number of benzene rings is 1. The van der Waals surface area contributed by atoms with E-state index >= 15 is 0 Å². The van der Waals surface area contributed by atoms with Crippen LogP contribution in [0.4, 0.5) is 5.69 Å². The summed E-state index contributed by atoms with van der Waals surface area (Å²) in [6, 6.07) is 5.56. The van der Waals surface area contributed by atoms with Gasteiger partial charge in [0.15, 0.2) is 0 Å². The largest absolute Gasteiger partial charge is 0.466 e. The molecule has 1 aromatic rings. The van der Waals surface area contributed by atoms with Crippen LogP contribution in [0.15, 0.2) is 29.2 Å². The number of nitrogens with zero attached hydrogens (tertiary/aromatic N) is 1. The number of nitro benzene ring substituents is 1. The Morgan fingerprint density at radius 3 is 2.57 bits per heavy atom. The molecular formula is C13H15NO6S. The lowest BCUT2D eigenvalue weighted by atomic mass is 10.2. The Balaban J connectivity index is 2.63. The maximum Gasteiger partial charge on any atom is 0.306 e.